The van der Waals surface area contributed by atoms with Gasteiger partial charge < -0.3 is 9.88 Å². The molecule has 1 N–H and O–H groups in total. The van der Waals surface area contributed by atoms with Crippen LogP contribution in [0.3, 0.4) is 0 Å². The Morgan fingerprint density at radius 1 is 1.37 bits per heavy atom. The van der Waals surface area contributed by atoms with Crippen LogP contribution in [0.15, 0.2) is 43.0 Å². The summed E-state index contributed by atoms with van der Waals surface area (Å²) in [5.41, 5.74) is 1.66. The van der Waals surface area contributed by atoms with Crippen molar-refractivity contribution in [2.24, 2.45) is 0 Å². The topological polar surface area (TPSA) is 46.9 Å². The zero-order valence-corrected chi connectivity index (χ0v) is 11.6. The number of carbonyl (C=O) groups excluding carboxylic acids is 1. The first-order valence-electron chi connectivity index (χ1n) is 6.32. The molecule has 0 unspecified atom stereocenters. The van der Waals surface area contributed by atoms with E-state index in [1.807, 2.05) is 35.2 Å². The van der Waals surface area contributed by atoms with E-state index in [-0.39, 0.29) is 11.4 Å². The summed E-state index contributed by atoms with van der Waals surface area (Å²) in [6, 6.07) is 5.63. The zero-order chi connectivity index (χ0) is 13.9. The average Bonchev–Trinajstić information content (AvgIpc) is 2.87. The Labute approximate surface area is 113 Å². The largest absolute Gasteiger partial charge is 0.348 e. The lowest BCUT2D eigenvalue weighted by atomic mass is 10.1. The molecule has 0 aliphatic carbocycles. The molecular weight excluding hydrogens is 238 g/mol. The van der Waals surface area contributed by atoms with E-state index in [0.717, 1.165) is 5.56 Å². The molecule has 100 valence electrons. The summed E-state index contributed by atoms with van der Waals surface area (Å²) >= 11 is 0. The third-order valence-corrected chi connectivity index (χ3v) is 2.91. The van der Waals surface area contributed by atoms with Crippen LogP contribution in [0.5, 0.6) is 0 Å². The molecule has 2 rings (SSSR count). The van der Waals surface area contributed by atoms with Crippen molar-refractivity contribution in [1.29, 1.82) is 0 Å². The molecule has 0 spiro atoms. The van der Waals surface area contributed by atoms with Crippen LogP contribution in [-0.2, 0) is 12.1 Å². The fraction of sp³-hybridized carbons (Fsp3) is 0.333. The van der Waals surface area contributed by atoms with Crippen molar-refractivity contribution >= 4 is 5.91 Å². The number of hydrogen-bond acceptors (Lipinski definition) is 2. The minimum Gasteiger partial charge on any atom is -0.348 e. The molecular formula is C15H19N3O. The molecule has 0 bridgehead atoms. The summed E-state index contributed by atoms with van der Waals surface area (Å²) in [6.45, 7) is 6.80. The first-order valence-corrected chi connectivity index (χ1v) is 6.32. The number of nitrogens with one attached hydrogen (secondary N) is 1. The van der Waals surface area contributed by atoms with E-state index in [9.17, 15) is 4.79 Å². The third-order valence-electron chi connectivity index (χ3n) is 2.91. The lowest BCUT2D eigenvalue weighted by Gasteiger charge is -2.20. The van der Waals surface area contributed by atoms with Gasteiger partial charge in [-0.2, -0.15) is 0 Å². The first-order chi connectivity index (χ1) is 8.97. The number of aromatic nitrogens is 2. The maximum absolute atomic E-state index is 12.0. The molecule has 0 atom stereocenters. The Morgan fingerprint density at radius 3 is 2.74 bits per heavy atom. The lowest BCUT2D eigenvalue weighted by Crippen LogP contribution is -2.23. The van der Waals surface area contributed by atoms with Gasteiger partial charge in [-0.1, -0.05) is 6.07 Å². The maximum Gasteiger partial charge on any atom is 0.253 e. The van der Waals surface area contributed by atoms with Gasteiger partial charge in [0.1, 0.15) is 0 Å². The van der Waals surface area contributed by atoms with E-state index in [1.54, 1.807) is 12.4 Å². The van der Waals surface area contributed by atoms with Crippen LogP contribution in [0.4, 0.5) is 0 Å². The predicted octanol–water partition coefficient (Wildman–Crippen LogP) is 2.57. The first kappa shape index (κ1) is 13.3. The molecule has 4 nitrogen and oxygen atoms in total. The molecule has 0 aliphatic heterocycles. The van der Waals surface area contributed by atoms with E-state index in [4.69, 9.17) is 0 Å². The summed E-state index contributed by atoms with van der Waals surface area (Å²) in [5.74, 6) is -0.0631. The van der Waals surface area contributed by atoms with E-state index in [1.165, 1.54) is 0 Å². The summed E-state index contributed by atoms with van der Waals surface area (Å²) < 4.78 is 2.03. The number of hydrogen-bond donors (Lipinski definition) is 1. The van der Waals surface area contributed by atoms with Gasteiger partial charge in [0.2, 0.25) is 0 Å². The van der Waals surface area contributed by atoms with E-state index in [0.29, 0.717) is 12.1 Å². The number of carbonyl (C=O) groups is 1. The number of rotatable bonds is 3. The molecule has 0 fully saturated rings. The molecule has 2 aromatic rings. The van der Waals surface area contributed by atoms with Gasteiger partial charge in [0.25, 0.3) is 5.91 Å². The van der Waals surface area contributed by atoms with Crippen LogP contribution in [0.2, 0.25) is 0 Å². The summed E-state index contributed by atoms with van der Waals surface area (Å²) in [7, 11) is 0. The second-order valence-electron chi connectivity index (χ2n) is 5.52. The number of nitrogens with zero attached hydrogens (tertiary/aromatic N) is 2. The molecule has 0 aliphatic rings. The molecule has 0 saturated heterocycles. The maximum atomic E-state index is 12.0. The minimum atomic E-state index is -0.0631. The van der Waals surface area contributed by atoms with Crippen molar-refractivity contribution in [3.63, 3.8) is 0 Å². The van der Waals surface area contributed by atoms with Gasteiger partial charge in [-0.15, -0.1) is 0 Å². The van der Waals surface area contributed by atoms with Gasteiger partial charge in [-0.25, -0.2) is 0 Å². The van der Waals surface area contributed by atoms with Gasteiger partial charge in [0, 0.05) is 36.9 Å². The molecule has 2 aromatic heterocycles. The highest BCUT2D eigenvalue weighted by molar-refractivity contribution is 5.93. The fourth-order valence-electron chi connectivity index (χ4n) is 1.74. The van der Waals surface area contributed by atoms with Gasteiger partial charge in [-0.05, 0) is 38.5 Å². The quantitative estimate of drug-likeness (QED) is 0.918. The van der Waals surface area contributed by atoms with Crippen molar-refractivity contribution in [1.82, 2.24) is 14.9 Å². The summed E-state index contributed by atoms with van der Waals surface area (Å²) in [6.07, 6.45) is 7.27. The van der Waals surface area contributed by atoms with E-state index < -0.39 is 0 Å². The average molecular weight is 257 g/mol. The van der Waals surface area contributed by atoms with Gasteiger partial charge in [-0.3, -0.25) is 9.78 Å². The molecule has 4 heteroatoms. The Hall–Kier alpha value is -2.10. The Kier molecular flexibility index (Phi) is 3.69. The zero-order valence-electron chi connectivity index (χ0n) is 11.6. The smallest absolute Gasteiger partial charge is 0.253 e. The second kappa shape index (κ2) is 5.26. The van der Waals surface area contributed by atoms with Crippen LogP contribution >= 0.6 is 0 Å². The highest BCUT2D eigenvalue weighted by Crippen LogP contribution is 2.15. The molecule has 0 aromatic carbocycles. The molecule has 19 heavy (non-hydrogen) atoms. The Balaban J connectivity index is 1.99. The summed E-state index contributed by atoms with van der Waals surface area (Å²) in [4.78, 5) is 16.0. The van der Waals surface area contributed by atoms with Crippen LogP contribution in [0, 0.1) is 0 Å². The van der Waals surface area contributed by atoms with Gasteiger partial charge >= 0.3 is 0 Å². The van der Waals surface area contributed by atoms with Gasteiger partial charge in [0.05, 0.1) is 5.56 Å². The van der Waals surface area contributed by atoms with Crippen molar-refractivity contribution in [3.8, 4) is 0 Å². The van der Waals surface area contributed by atoms with Crippen molar-refractivity contribution in [2.75, 3.05) is 0 Å². The van der Waals surface area contributed by atoms with Crippen molar-refractivity contribution in [3.05, 3.63) is 54.1 Å². The van der Waals surface area contributed by atoms with Crippen molar-refractivity contribution < 1.29 is 4.79 Å². The Morgan fingerprint density at radius 2 is 2.16 bits per heavy atom. The Bertz CT molecular complexity index is 552. The molecule has 0 radical (unpaired) electrons. The third kappa shape index (κ3) is 3.44. The summed E-state index contributed by atoms with van der Waals surface area (Å²) in [5, 5.41) is 2.89. The fourth-order valence-corrected chi connectivity index (χ4v) is 1.74. The van der Waals surface area contributed by atoms with Crippen LogP contribution < -0.4 is 5.32 Å². The van der Waals surface area contributed by atoms with Crippen molar-refractivity contribution in [2.45, 2.75) is 32.9 Å². The predicted molar refractivity (Wildman–Crippen MR) is 74.8 cm³/mol. The van der Waals surface area contributed by atoms with Crippen LogP contribution in [0.1, 0.15) is 36.7 Å². The van der Waals surface area contributed by atoms with E-state index in [2.05, 4.69) is 31.1 Å². The molecule has 0 saturated carbocycles. The standard InChI is InChI=1S/C15H19N3O/c1-15(2,3)18-8-6-13(11-18)14(19)17-10-12-5-4-7-16-9-12/h4-9,11H,10H2,1-3H3,(H,17,19). The molecule has 1 amide bonds. The lowest BCUT2D eigenvalue weighted by molar-refractivity contribution is 0.0950. The highest BCUT2D eigenvalue weighted by Gasteiger charge is 2.14. The SMILES string of the molecule is CC(C)(C)n1ccc(C(=O)NCc2cccnc2)c1. The van der Waals surface area contributed by atoms with Crippen LogP contribution in [-0.4, -0.2) is 15.5 Å². The minimum absolute atomic E-state index is 0.0120. The molecule has 2 heterocycles. The second-order valence-corrected chi connectivity index (χ2v) is 5.52. The number of pyridine rings is 1. The number of amides is 1. The van der Waals surface area contributed by atoms with Gasteiger partial charge in [0.15, 0.2) is 0 Å². The van der Waals surface area contributed by atoms with Crippen LogP contribution in [0.25, 0.3) is 0 Å². The monoisotopic (exact) mass is 257 g/mol. The van der Waals surface area contributed by atoms with E-state index >= 15 is 0 Å². The normalized spacial score (nSPS) is 11.3. The highest BCUT2D eigenvalue weighted by atomic mass is 16.1.